The molecule has 4 bridgehead atoms. The highest BCUT2D eigenvalue weighted by Crippen LogP contribution is 2.73. The predicted octanol–water partition coefficient (Wildman–Crippen LogP) is 3.70. The molecule has 0 aromatic heterocycles. The van der Waals surface area contributed by atoms with Gasteiger partial charge in [-0.25, -0.2) is 4.79 Å². The highest BCUT2D eigenvalue weighted by molar-refractivity contribution is 5.89. The molecule has 1 N–H and O–H groups in total. The van der Waals surface area contributed by atoms with Crippen LogP contribution in [-0.2, 0) is 23.9 Å². The fourth-order valence-electron chi connectivity index (χ4n) is 6.73. The van der Waals surface area contributed by atoms with Crippen molar-refractivity contribution in [3.05, 3.63) is 11.6 Å². The fraction of sp³-hybridized carbons (Fsp3) is 0.800. The number of rotatable bonds is 5. The number of esters is 2. The Kier molecular flexibility index (Phi) is 6.20. The summed E-state index contributed by atoms with van der Waals surface area (Å²) in [5.41, 5.74) is -0.909. The molecule has 0 saturated heterocycles. The summed E-state index contributed by atoms with van der Waals surface area (Å²) in [6.07, 6.45) is -0.582. The molecule has 0 amide bonds. The third-order valence-corrected chi connectivity index (χ3v) is 8.29. The highest BCUT2D eigenvalue weighted by atomic mass is 16.6. The summed E-state index contributed by atoms with van der Waals surface area (Å²) in [6, 6.07) is 0. The van der Waals surface area contributed by atoms with Crippen molar-refractivity contribution in [2.75, 3.05) is 0 Å². The van der Waals surface area contributed by atoms with Gasteiger partial charge in [-0.2, -0.15) is 0 Å². The Bertz CT molecular complexity index is 796. The van der Waals surface area contributed by atoms with Crippen molar-refractivity contribution in [3.63, 3.8) is 0 Å². The number of carbonyl (C=O) groups is 3. The first-order valence-electron chi connectivity index (χ1n) is 11.5. The third-order valence-electron chi connectivity index (χ3n) is 8.29. The van der Waals surface area contributed by atoms with E-state index in [1.165, 1.54) is 0 Å². The zero-order valence-corrected chi connectivity index (χ0v) is 20.1. The van der Waals surface area contributed by atoms with Gasteiger partial charge < -0.3 is 14.6 Å². The molecule has 3 fully saturated rings. The molecule has 0 aromatic carbocycles. The van der Waals surface area contributed by atoms with Crippen LogP contribution in [0, 0.1) is 40.4 Å². The lowest BCUT2D eigenvalue weighted by atomic mass is 9.35. The molecule has 31 heavy (non-hydrogen) atoms. The van der Waals surface area contributed by atoms with E-state index in [1.54, 1.807) is 19.9 Å². The molecule has 3 aliphatic rings. The van der Waals surface area contributed by atoms with Crippen LogP contribution in [0.5, 0.6) is 0 Å². The summed E-state index contributed by atoms with van der Waals surface area (Å²) in [5.74, 6) is -0.846. The average molecular weight is 435 g/mol. The lowest BCUT2D eigenvalue weighted by Crippen LogP contribution is -2.71. The maximum atomic E-state index is 13.2. The van der Waals surface area contributed by atoms with Crippen LogP contribution in [0.3, 0.4) is 0 Å². The summed E-state index contributed by atoms with van der Waals surface area (Å²) >= 11 is 0. The van der Waals surface area contributed by atoms with E-state index in [2.05, 4.69) is 6.92 Å². The second-order valence-corrected chi connectivity index (χ2v) is 11.2. The van der Waals surface area contributed by atoms with Crippen molar-refractivity contribution in [2.45, 2.75) is 86.5 Å². The normalized spacial score (nSPS) is 41.3. The van der Waals surface area contributed by atoms with Crippen LogP contribution in [0.2, 0.25) is 0 Å². The van der Waals surface area contributed by atoms with Crippen LogP contribution < -0.4 is 0 Å². The van der Waals surface area contributed by atoms with E-state index in [9.17, 15) is 19.5 Å². The van der Waals surface area contributed by atoms with Crippen molar-refractivity contribution in [1.29, 1.82) is 0 Å². The zero-order valence-electron chi connectivity index (χ0n) is 20.1. The van der Waals surface area contributed by atoms with Gasteiger partial charge in [0.1, 0.15) is 18.0 Å². The molecular formula is C25H38O6. The Morgan fingerprint density at radius 2 is 1.81 bits per heavy atom. The monoisotopic (exact) mass is 434 g/mol. The number of fused-ring (bicyclic) bond motifs is 1. The molecule has 6 nitrogen and oxygen atoms in total. The second kappa shape index (κ2) is 8.02. The minimum Gasteiger partial charge on any atom is -0.456 e. The number of hydrogen-bond donors (Lipinski definition) is 1. The van der Waals surface area contributed by atoms with Crippen LogP contribution in [0.15, 0.2) is 11.6 Å². The molecule has 3 saturated carbocycles. The first-order valence-corrected chi connectivity index (χ1v) is 11.5. The molecular weight excluding hydrogens is 396 g/mol. The zero-order chi connectivity index (χ0) is 23.5. The number of hydrogen-bond acceptors (Lipinski definition) is 6. The van der Waals surface area contributed by atoms with Gasteiger partial charge >= 0.3 is 11.9 Å². The Morgan fingerprint density at radius 1 is 1.19 bits per heavy atom. The van der Waals surface area contributed by atoms with Crippen LogP contribution in [-0.4, -0.2) is 41.1 Å². The van der Waals surface area contributed by atoms with Crippen LogP contribution in [0.4, 0.5) is 0 Å². The topological polar surface area (TPSA) is 89.9 Å². The lowest BCUT2D eigenvalue weighted by Gasteiger charge is -2.68. The fourth-order valence-corrected chi connectivity index (χ4v) is 6.73. The van der Waals surface area contributed by atoms with Gasteiger partial charge in [-0.1, -0.05) is 47.6 Å². The number of allylic oxidation sites excluding steroid dienone is 1. The van der Waals surface area contributed by atoms with Crippen molar-refractivity contribution in [2.24, 2.45) is 40.4 Å². The maximum absolute atomic E-state index is 13.2. The molecule has 8 unspecified atom stereocenters. The molecule has 0 spiro atoms. The van der Waals surface area contributed by atoms with Crippen LogP contribution in [0.25, 0.3) is 0 Å². The Balaban J connectivity index is 2.11. The first-order chi connectivity index (χ1) is 14.3. The van der Waals surface area contributed by atoms with Gasteiger partial charge in [0, 0.05) is 29.7 Å². The smallest absolute Gasteiger partial charge is 0.333 e. The number of ketones is 1. The molecule has 0 radical (unpaired) electrons. The minimum absolute atomic E-state index is 0.0402. The molecule has 174 valence electrons. The summed E-state index contributed by atoms with van der Waals surface area (Å²) in [5, 5.41) is 11.5. The van der Waals surface area contributed by atoms with E-state index >= 15 is 0 Å². The quantitative estimate of drug-likeness (QED) is 0.524. The molecule has 0 heterocycles. The van der Waals surface area contributed by atoms with Crippen molar-refractivity contribution in [3.8, 4) is 0 Å². The third kappa shape index (κ3) is 3.55. The number of aliphatic hydroxyl groups is 1. The number of aliphatic hydroxyl groups excluding tert-OH is 1. The molecule has 8 atom stereocenters. The Morgan fingerprint density at radius 3 is 2.32 bits per heavy atom. The van der Waals surface area contributed by atoms with E-state index in [0.29, 0.717) is 12.0 Å². The van der Waals surface area contributed by atoms with Gasteiger partial charge in [-0.05, 0) is 42.9 Å². The Labute approximate surface area is 185 Å². The number of ether oxygens (including phenoxy) is 2. The van der Waals surface area contributed by atoms with Gasteiger partial charge in [0.2, 0.25) is 0 Å². The van der Waals surface area contributed by atoms with Gasteiger partial charge in [-0.15, -0.1) is 0 Å². The summed E-state index contributed by atoms with van der Waals surface area (Å²) in [4.78, 5) is 38.6. The highest BCUT2D eigenvalue weighted by Gasteiger charge is 2.77. The second-order valence-electron chi connectivity index (χ2n) is 11.2. The maximum Gasteiger partial charge on any atom is 0.333 e. The van der Waals surface area contributed by atoms with E-state index in [-0.39, 0.29) is 41.8 Å². The van der Waals surface area contributed by atoms with Gasteiger partial charge in [-0.3, -0.25) is 9.59 Å². The molecule has 0 aliphatic heterocycles. The summed E-state index contributed by atoms with van der Waals surface area (Å²) in [7, 11) is 0. The molecule has 6 heteroatoms. The lowest BCUT2D eigenvalue weighted by molar-refractivity contribution is -0.242. The van der Waals surface area contributed by atoms with Crippen LogP contribution in [0.1, 0.15) is 68.2 Å². The van der Waals surface area contributed by atoms with Gasteiger partial charge in [0.05, 0.1) is 0 Å². The number of carbonyl (C=O) groups excluding carboxylic acids is 3. The number of Topliss-reactive ketones (excluding diaryl/α,β-unsaturated/α-hetero) is 1. The van der Waals surface area contributed by atoms with E-state index < -0.39 is 41.1 Å². The van der Waals surface area contributed by atoms with E-state index in [0.717, 1.165) is 0 Å². The summed E-state index contributed by atoms with van der Waals surface area (Å²) < 4.78 is 11.9. The minimum atomic E-state index is -1.05. The standard InChI is InChI=1S/C25H38O6/c1-9-13(4)23(29)31-22-20(30-16(27)10-12(2)3)21(28)24(6,7)19-17-14(5)11-15(26)18(19)25(17,22)8/h9,12,14,17-22,28H,10-11H2,1-8H3. The average Bonchev–Trinajstić information content (AvgIpc) is 2.73. The van der Waals surface area contributed by atoms with E-state index in [4.69, 9.17) is 9.47 Å². The largest absolute Gasteiger partial charge is 0.456 e. The van der Waals surface area contributed by atoms with Crippen LogP contribution >= 0.6 is 0 Å². The Hall–Kier alpha value is -1.69. The van der Waals surface area contributed by atoms with Gasteiger partial charge in [0.25, 0.3) is 0 Å². The molecule has 3 aliphatic carbocycles. The predicted molar refractivity (Wildman–Crippen MR) is 116 cm³/mol. The van der Waals surface area contributed by atoms with Crippen molar-refractivity contribution >= 4 is 17.7 Å². The molecule has 0 aromatic rings. The first kappa shape index (κ1) is 24.0. The van der Waals surface area contributed by atoms with Gasteiger partial charge in [0.15, 0.2) is 6.10 Å². The van der Waals surface area contributed by atoms with Crippen molar-refractivity contribution < 1.29 is 29.0 Å². The van der Waals surface area contributed by atoms with Crippen molar-refractivity contribution in [1.82, 2.24) is 0 Å². The van der Waals surface area contributed by atoms with E-state index in [1.807, 2.05) is 34.6 Å². The summed E-state index contributed by atoms with van der Waals surface area (Å²) in [6.45, 7) is 15.2. The SMILES string of the molecule is CC=C(C)C(=O)OC1C(OC(=O)CC(C)C)C(O)C(C)(C)C2C3C(=O)CC(C)C2C13C. The molecule has 3 rings (SSSR count).